The number of sulfonamides is 1. The van der Waals surface area contributed by atoms with Crippen LogP contribution in [0.2, 0.25) is 0 Å². The average molecular weight is 494 g/mol. The maximum atomic E-state index is 13.2. The van der Waals surface area contributed by atoms with E-state index in [1.165, 1.54) is 37.0 Å². The van der Waals surface area contributed by atoms with Crippen LogP contribution < -0.4 is 15.0 Å². The predicted molar refractivity (Wildman–Crippen MR) is 120 cm³/mol. The zero-order valence-corrected chi connectivity index (χ0v) is 19.3. The van der Waals surface area contributed by atoms with Crippen LogP contribution in [0.1, 0.15) is 29.5 Å². The van der Waals surface area contributed by atoms with E-state index in [-0.39, 0.29) is 21.9 Å². The van der Waals surface area contributed by atoms with Crippen LogP contribution in [0.3, 0.4) is 0 Å². The largest absolute Gasteiger partial charge is 0.495 e. The van der Waals surface area contributed by atoms with E-state index < -0.39 is 21.8 Å². The summed E-state index contributed by atoms with van der Waals surface area (Å²) in [5, 5.41) is 4.38. The second-order valence-corrected chi connectivity index (χ2v) is 9.64. The van der Waals surface area contributed by atoms with E-state index in [0.717, 1.165) is 36.6 Å². The van der Waals surface area contributed by atoms with Gasteiger partial charge in [0, 0.05) is 23.9 Å². The minimum atomic E-state index is -4.62. The van der Waals surface area contributed by atoms with Crippen molar-refractivity contribution in [3.05, 3.63) is 69.5 Å². The van der Waals surface area contributed by atoms with Crippen LogP contribution >= 0.6 is 0 Å². The van der Waals surface area contributed by atoms with Gasteiger partial charge >= 0.3 is 6.18 Å². The number of nitrogens with zero attached hydrogens (tertiary/aromatic N) is 2. The van der Waals surface area contributed by atoms with Gasteiger partial charge in [0.05, 0.1) is 18.4 Å². The molecule has 11 heteroatoms. The van der Waals surface area contributed by atoms with Crippen molar-refractivity contribution in [3.8, 4) is 17.0 Å². The summed E-state index contributed by atoms with van der Waals surface area (Å²) in [5.41, 5.74) is 1.02. The summed E-state index contributed by atoms with van der Waals surface area (Å²) in [5.74, 6) is 0.0157. The second-order valence-electron chi connectivity index (χ2n) is 7.99. The van der Waals surface area contributed by atoms with Crippen LogP contribution in [0.5, 0.6) is 5.75 Å². The topological polar surface area (TPSA) is 90.3 Å². The smallest absolute Gasteiger partial charge is 0.416 e. The molecule has 0 amide bonds. The van der Waals surface area contributed by atoms with Crippen LogP contribution in [-0.4, -0.2) is 25.3 Å². The molecule has 0 saturated heterocycles. The normalized spacial score (nSPS) is 13.9. The highest BCUT2D eigenvalue weighted by atomic mass is 32.2. The van der Waals surface area contributed by atoms with Gasteiger partial charge in [0.15, 0.2) is 0 Å². The van der Waals surface area contributed by atoms with Gasteiger partial charge in [-0.15, -0.1) is 0 Å². The summed E-state index contributed by atoms with van der Waals surface area (Å²) in [4.78, 5) is 12.3. The first-order chi connectivity index (χ1) is 16.0. The second kappa shape index (κ2) is 8.79. The fraction of sp³-hybridized carbons (Fsp3) is 0.304. The lowest BCUT2D eigenvalue weighted by atomic mass is 9.90. The lowest BCUT2D eigenvalue weighted by Crippen LogP contribution is -2.28. The minimum absolute atomic E-state index is 0.0157. The average Bonchev–Trinajstić information content (AvgIpc) is 2.80. The van der Waals surface area contributed by atoms with E-state index in [4.69, 9.17) is 4.74 Å². The molecule has 0 bridgehead atoms. The molecule has 1 heterocycles. The number of aromatic nitrogens is 2. The fourth-order valence-corrected chi connectivity index (χ4v) is 5.33. The molecule has 0 saturated carbocycles. The highest BCUT2D eigenvalue weighted by Crippen LogP contribution is 2.35. The Morgan fingerprint density at radius 2 is 1.76 bits per heavy atom. The van der Waals surface area contributed by atoms with Crippen molar-refractivity contribution < 1.29 is 26.3 Å². The van der Waals surface area contributed by atoms with Crippen LogP contribution in [0.4, 0.5) is 18.9 Å². The molecule has 0 radical (unpaired) electrons. The molecule has 180 valence electrons. The van der Waals surface area contributed by atoms with Crippen LogP contribution in [0.25, 0.3) is 11.3 Å². The lowest BCUT2D eigenvalue weighted by Gasteiger charge is -2.20. The van der Waals surface area contributed by atoms with Gasteiger partial charge in [-0.3, -0.25) is 9.52 Å². The maximum Gasteiger partial charge on any atom is 0.416 e. The van der Waals surface area contributed by atoms with Crippen molar-refractivity contribution in [1.82, 2.24) is 9.78 Å². The van der Waals surface area contributed by atoms with E-state index in [1.54, 1.807) is 6.07 Å². The first-order valence-corrected chi connectivity index (χ1v) is 12.0. The van der Waals surface area contributed by atoms with E-state index in [0.29, 0.717) is 29.7 Å². The zero-order valence-electron chi connectivity index (χ0n) is 18.4. The lowest BCUT2D eigenvalue weighted by molar-refractivity contribution is -0.137. The molecule has 3 aromatic rings. The molecular weight excluding hydrogens is 471 g/mol. The van der Waals surface area contributed by atoms with Crippen molar-refractivity contribution in [2.24, 2.45) is 7.05 Å². The van der Waals surface area contributed by atoms with Gasteiger partial charge in [0.25, 0.3) is 15.6 Å². The molecule has 0 spiro atoms. The van der Waals surface area contributed by atoms with E-state index in [1.807, 2.05) is 0 Å². The first-order valence-electron chi connectivity index (χ1n) is 10.5. The van der Waals surface area contributed by atoms with Gasteiger partial charge in [0.1, 0.15) is 10.6 Å². The SMILES string of the molecule is COc1ccc(-c2nn(C)c(=O)c3c2CCCC3)cc1S(=O)(=O)Nc1cccc(C(F)(F)F)c1. The number of hydrogen-bond acceptors (Lipinski definition) is 5. The van der Waals surface area contributed by atoms with Gasteiger partial charge in [-0.1, -0.05) is 6.07 Å². The molecule has 0 aliphatic heterocycles. The highest BCUT2D eigenvalue weighted by molar-refractivity contribution is 7.92. The molecular formula is C23H22F3N3O4S. The molecule has 1 aliphatic rings. The number of halogens is 3. The van der Waals surface area contributed by atoms with Gasteiger partial charge < -0.3 is 4.74 Å². The molecule has 0 unspecified atom stereocenters. The van der Waals surface area contributed by atoms with Gasteiger partial charge in [-0.05, 0) is 67.6 Å². The fourth-order valence-electron chi connectivity index (χ4n) is 4.09. The number of alkyl halides is 3. The van der Waals surface area contributed by atoms with Crippen molar-refractivity contribution in [2.75, 3.05) is 11.8 Å². The summed E-state index contributed by atoms with van der Waals surface area (Å²) < 4.78 is 74.2. The standard InChI is InChI=1S/C23H22F3N3O4S/c1-29-22(30)18-9-4-3-8-17(18)21(27-29)14-10-11-19(33-2)20(12-14)34(31,32)28-16-7-5-6-15(13-16)23(24,25)26/h5-7,10-13,28H,3-4,8-9H2,1-2H3. The van der Waals surface area contributed by atoms with Crippen LogP contribution in [-0.2, 0) is 36.1 Å². The number of ether oxygens (including phenoxy) is 1. The number of methoxy groups -OCH3 is 1. The molecule has 4 rings (SSSR count). The maximum absolute atomic E-state index is 13.2. The number of hydrogen-bond donors (Lipinski definition) is 1. The molecule has 0 atom stereocenters. The predicted octanol–water partition coefficient (Wildman–Crippen LogP) is 4.15. The molecule has 7 nitrogen and oxygen atoms in total. The van der Waals surface area contributed by atoms with Gasteiger partial charge in [0.2, 0.25) is 0 Å². The van der Waals surface area contributed by atoms with E-state index in [2.05, 4.69) is 9.82 Å². The summed E-state index contributed by atoms with van der Waals surface area (Å²) in [7, 11) is -1.49. The van der Waals surface area contributed by atoms with Gasteiger partial charge in [-0.2, -0.15) is 18.3 Å². The van der Waals surface area contributed by atoms with Crippen molar-refractivity contribution in [1.29, 1.82) is 0 Å². The number of anilines is 1. The van der Waals surface area contributed by atoms with Crippen molar-refractivity contribution in [3.63, 3.8) is 0 Å². The monoisotopic (exact) mass is 493 g/mol. The molecule has 1 aromatic heterocycles. The first kappa shape index (κ1) is 23.8. The Bertz CT molecular complexity index is 1420. The van der Waals surface area contributed by atoms with Crippen molar-refractivity contribution >= 4 is 15.7 Å². The number of nitrogens with one attached hydrogen (secondary N) is 1. The third kappa shape index (κ3) is 4.52. The van der Waals surface area contributed by atoms with E-state index in [9.17, 15) is 26.4 Å². The Hall–Kier alpha value is -3.34. The Kier molecular flexibility index (Phi) is 6.15. The Morgan fingerprint density at radius 1 is 1.06 bits per heavy atom. The number of rotatable bonds is 5. The quantitative estimate of drug-likeness (QED) is 0.577. The van der Waals surface area contributed by atoms with Crippen LogP contribution in [0.15, 0.2) is 52.2 Å². The number of benzene rings is 2. The summed E-state index contributed by atoms with van der Waals surface area (Å²) >= 11 is 0. The molecule has 34 heavy (non-hydrogen) atoms. The Balaban J connectivity index is 1.80. The van der Waals surface area contributed by atoms with E-state index >= 15 is 0 Å². The number of fused-ring (bicyclic) bond motifs is 1. The van der Waals surface area contributed by atoms with Crippen LogP contribution in [0, 0.1) is 0 Å². The molecule has 1 N–H and O–H groups in total. The third-order valence-electron chi connectivity index (χ3n) is 5.72. The third-order valence-corrected chi connectivity index (χ3v) is 7.13. The summed E-state index contributed by atoms with van der Waals surface area (Å²) in [6.07, 6.45) is -1.59. The molecule has 1 aliphatic carbocycles. The molecule has 2 aromatic carbocycles. The molecule has 0 fully saturated rings. The Morgan fingerprint density at radius 3 is 2.44 bits per heavy atom. The van der Waals surface area contributed by atoms with Gasteiger partial charge in [-0.25, -0.2) is 13.1 Å². The minimum Gasteiger partial charge on any atom is -0.495 e. The highest BCUT2D eigenvalue weighted by Gasteiger charge is 2.31. The van der Waals surface area contributed by atoms with Crippen molar-refractivity contribution in [2.45, 2.75) is 36.8 Å². The Labute approximate surface area is 194 Å². The summed E-state index contributed by atoms with van der Waals surface area (Å²) in [6.45, 7) is 0. The number of aryl methyl sites for hydroxylation is 1. The summed E-state index contributed by atoms with van der Waals surface area (Å²) in [6, 6.07) is 8.38. The zero-order chi connectivity index (χ0) is 24.7.